The van der Waals surface area contributed by atoms with Crippen LogP contribution in [-0.2, 0) is 4.79 Å². The lowest BCUT2D eigenvalue weighted by Gasteiger charge is -2.08. The lowest BCUT2D eigenvalue weighted by Crippen LogP contribution is -2.28. The van der Waals surface area contributed by atoms with Gasteiger partial charge in [0.1, 0.15) is 0 Å². The van der Waals surface area contributed by atoms with Gasteiger partial charge in [-0.25, -0.2) is 4.79 Å². The summed E-state index contributed by atoms with van der Waals surface area (Å²) < 4.78 is 0. The van der Waals surface area contributed by atoms with Gasteiger partial charge in [-0.15, -0.1) is 6.58 Å². The van der Waals surface area contributed by atoms with E-state index in [4.69, 9.17) is 0 Å². The van der Waals surface area contributed by atoms with Crippen LogP contribution >= 0.6 is 0 Å². The molecule has 2 aromatic carbocycles. The van der Waals surface area contributed by atoms with Crippen LogP contribution in [0.25, 0.3) is 0 Å². The molecule has 3 amide bonds. The largest absolute Gasteiger partial charge is 0.334 e. The van der Waals surface area contributed by atoms with Crippen molar-refractivity contribution in [2.75, 3.05) is 17.2 Å². The van der Waals surface area contributed by atoms with E-state index in [1.807, 2.05) is 6.07 Å². The molecule has 3 N–H and O–H groups in total. The Bertz CT molecular complexity index is 771. The molecule has 0 aromatic heterocycles. The maximum Gasteiger partial charge on any atom is 0.319 e. The molecule has 0 saturated heterocycles. The van der Waals surface area contributed by atoms with Crippen molar-refractivity contribution in [3.63, 3.8) is 0 Å². The highest BCUT2D eigenvalue weighted by atomic mass is 16.2. The first-order valence-corrected chi connectivity index (χ1v) is 8.22. The van der Waals surface area contributed by atoms with E-state index in [1.54, 1.807) is 54.6 Å². The second-order valence-electron chi connectivity index (χ2n) is 5.54. The summed E-state index contributed by atoms with van der Waals surface area (Å²) in [6.07, 6.45) is 1.84. The number of hydrogen-bond donors (Lipinski definition) is 3. The molecule has 6 nitrogen and oxygen atoms in total. The number of ketones is 1. The van der Waals surface area contributed by atoms with Gasteiger partial charge in [-0.05, 0) is 24.3 Å². The van der Waals surface area contributed by atoms with Crippen molar-refractivity contribution in [2.45, 2.75) is 12.8 Å². The summed E-state index contributed by atoms with van der Waals surface area (Å²) in [5, 5.41) is 7.99. The fourth-order valence-electron chi connectivity index (χ4n) is 2.20. The normalized spacial score (nSPS) is 9.85. The van der Waals surface area contributed by atoms with Crippen LogP contribution in [0.15, 0.2) is 67.3 Å². The van der Waals surface area contributed by atoms with Gasteiger partial charge < -0.3 is 16.0 Å². The Morgan fingerprint density at radius 1 is 0.846 bits per heavy atom. The summed E-state index contributed by atoms with van der Waals surface area (Å²) in [6, 6.07) is 15.3. The van der Waals surface area contributed by atoms with Crippen LogP contribution in [0.3, 0.4) is 0 Å². The van der Waals surface area contributed by atoms with Gasteiger partial charge in [-0.1, -0.05) is 36.4 Å². The smallest absolute Gasteiger partial charge is 0.319 e. The molecule has 0 aliphatic heterocycles. The summed E-state index contributed by atoms with van der Waals surface area (Å²) in [4.78, 5) is 35.5. The molecule has 0 spiro atoms. The van der Waals surface area contributed by atoms with Crippen molar-refractivity contribution < 1.29 is 14.4 Å². The number of anilines is 2. The first kappa shape index (κ1) is 18.9. The van der Waals surface area contributed by atoms with Gasteiger partial charge in [0, 0.05) is 36.3 Å². The third-order valence-corrected chi connectivity index (χ3v) is 3.51. The predicted molar refractivity (Wildman–Crippen MR) is 102 cm³/mol. The summed E-state index contributed by atoms with van der Waals surface area (Å²) in [5.41, 5.74) is 1.80. The average Bonchev–Trinajstić information content (AvgIpc) is 2.66. The molecule has 0 radical (unpaired) electrons. The van der Waals surface area contributed by atoms with Crippen LogP contribution in [0, 0.1) is 0 Å². The van der Waals surface area contributed by atoms with E-state index in [9.17, 15) is 14.4 Å². The standard InChI is InChI=1S/C20H21N3O3/c1-2-14-21-20(26)23-17-10-8-16(9-11-17)22-19(25)13-12-18(24)15-6-4-3-5-7-15/h2-11H,1,12-14H2,(H,22,25)(H2,21,23,26). The number of rotatable bonds is 8. The highest BCUT2D eigenvalue weighted by molar-refractivity contribution is 6.00. The second-order valence-corrected chi connectivity index (χ2v) is 5.54. The van der Waals surface area contributed by atoms with Crippen molar-refractivity contribution in [1.82, 2.24) is 5.32 Å². The fraction of sp³-hybridized carbons (Fsp3) is 0.150. The van der Waals surface area contributed by atoms with Gasteiger partial charge in [-0.2, -0.15) is 0 Å². The number of hydrogen-bond acceptors (Lipinski definition) is 3. The van der Waals surface area contributed by atoms with Crippen molar-refractivity contribution in [3.05, 3.63) is 72.8 Å². The topological polar surface area (TPSA) is 87.3 Å². The van der Waals surface area contributed by atoms with Crippen molar-refractivity contribution >= 4 is 29.1 Å². The molecule has 0 aliphatic carbocycles. The minimum absolute atomic E-state index is 0.0640. The van der Waals surface area contributed by atoms with E-state index >= 15 is 0 Å². The van der Waals surface area contributed by atoms with E-state index in [1.165, 1.54) is 0 Å². The third kappa shape index (κ3) is 6.24. The molecule has 0 atom stereocenters. The van der Waals surface area contributed by atoms with Gasteiger partial charge in [0.05, 0.1) is 0 Å². The highest BCUT2D eigenvalue weighted by Crippen LogP contribution is 2.14. The van der Waals surface area contributed by atoms with Crippen LogP contribution in [0.4, 0.5) is 16.2 Å². The maximum absolute atomic E-state index is 12.0. The highest BCUT2D eigenvalue weighted by Gasteiger charge is 2.09. The Balaban J connectivity index is 1.79. The van der Waals surface area contributed by atoms with Crippen molar-refractivity contribution in [1.29, 1.82) is 0 Å². The number of urea groups is 1. The SMILES string of the molecule is C=CCNC(=O)Nc1ccc(NC(=O)CCC(=O)c2ccccc2)cc1. The lowest BCUT2D eigenvalue weighted by atomic mass is 10.1. The second kappa shape index (κ2) is 9.78. The first-order valence-electron chi connectivity index (χ1n) is 8.22. The maximum atomic E-state index is 12.0. The molecular formula is C20H21N3O3. The molecule has 0 fully saturated rings. The van der Waals surface area contributed by atoms with E-state index in [2.05, 4.69) is 22.5 Å². The quantitative estimate of drug-likeness (QED) is 0.502. The summed E-state index contributed by atoms with van der Waals surface area (Å²) in [7, 11) is 0. The molecule has 0 aliphatic rings. The first-order chi connectivity index (χ1) is 12.6. The van der Waals surface area contributed by atoms with E-state index in [0.717, 1.165) is 0 Å². The number of Topliss-reactive ketones (excluding diaryl/α,β-unsaturated/α-hetero) is 1. The zero-order valence-electron chi connectivity index (χ0n) is 14.3. The van der Waals surface area contributed by atoms with E-state index in [0.29, 0.717) is 23.5 Å². The molecule has 0 saturated carbocycles. The minimum atomic E-state index is -0.332. The Labute approximate surface area is 152 Å². The summed E-state index contributed by atoms with van der Waals surface area (Å²) in [5.74, 6) is -0.301. The molecular weight excluding hydrogens is 330 g/mol. The van der Waals surface area contributed by atoms with E-state index in [-0.39, 0.29) is 30.6 Å². The number of benzene rings is 2. The minimum Gasteiger partial charge on any atom is -0.334 e. The molecule has 0 bridgehead atoms. The number of amides is 3. The Kier molecular flexibility index (Phi) is 7.12. The van der Waals surface area contributed by atoms with Crippen LogP contribution < -0.4 is 16.0 Å². The van der Waals surface area contributed by atoms with E-state index < -0.39 is 0 Å². The van der Waals surface area contributed by atoms with Crippen molar-refractivity contribution in [3.8, 4) is 0 Å². The van der Waals surface area contributed by atoms with Crippen LogP contribution in [0.1, 0.15) is 23.2 Å². The lowest BCUT2D eigenvalue weighted by molar-refractivity contribution is -0.116. The van der Waals surface area contributed by atoms with Crippen molar-refractivity contribution in [2.24, 2.45) is 0 Å². The van der Waals surface area contributed by atoms with Crippen LogP contribution in [0.5, 0.6) is 0 Å². The Morgan fingerprint density at radius 2 is 1.46 bits per heavy atom. The molecule has 26 heavy (non-hydrogen) atoms. The number of nitrogens with one attached hydrogen (secondary N) is 3. The van der Waals surface area contributed by atoms with Gasteiger partial charge in [0.15, 0.2) is 5.78 Å². The molecule has 6 heteroatoms. The summed E-state index contributed by atoms with van der Waals surface area (Å²) >= 11 is 0. The molecule has 2 aromatic rings. The van der Waals surface area contributed by atoms with Crippen LogP contribution in [-0.4, -0.2) is 24.3 Å². The third-order valence-electron chi connectivity index (χ3n) is 3.51. The number of carbonyl (C=O) groups is 3. The predicted octanol–water partition coefficient (Wildman–Crippen LogP) is 3.60. The zero-order chi connectivity index (χ0) is 18.8. The Hall–Kier alpha value is -3.41. The van der Waals surface area contributed by atoms with Gasteiger partial charge in [0.25, 0.3) is 0 Å². The summed E-state index contributed by atoms with van der Waals surface area (Å²) in [6.45, 7) is 3.89. The average molecular weight is 351 g/mol. The molecule has 0 unspecified atom stereocenters. The Morgan fingerprint density at radius 3 is 2.08 bits per heavy atom. The van der Waals surface area contributed by atoms with Gasteiger partial charge in [-0.3, -0.25) is 9.59 Å². The fourth-order valence-corrected chi connectivity index (χ4v) is 2.20. The molecule has 134 valence electrons. The van der Waals surface area contributed by atoms with Gasteiger partial charge >= 0.3 is 6.03 Å². The number of carbonyl (C=O) groups excluding carboxylic acids is 3. The monoisotopic (exact) mass is 351 g/mol. The molecule has 2 rings (SSSR count). The van der Waals surface area contributed by atoms with Crippen LogP contribution in [0.2, 0.25) is 0 Å². The molecule has 0 heterocycles. The zero-order valence-corrected chi connectivity index (χ0v) is 14.3. The van der Waals surface area contributed by atoms with Gasteiger partial charge in [0.2, 0.25) is 5.91 Å².